The Morgan fingerprint density at radius 1 is 0.815 bits per heavy atom. The summed E-state index contributed by atoms with van der Waals surface area (Å²) in [6.07, 6.45) is 0.615. The highest BCUT2D eigenvalue weighted by Crippen LogP contribution is 2.44. The number of aryl methyl sites for hydroxylation is 1. The van der Waals surface area contributed by atoms with Gasteiger partial charge in [-0.2, -0.15) is 0 Å². The largest absolute Gasteiger partial charge is 0.444 e. The molecule has 0 unspecified atom stereocenters. The molecular formula is C24H19NO2. The highest BCUT2D eigenvalue weighted by atomic mass is 16.6. The number of carbonyl (C=O) groups is 1. The summed E-state index contributed by atoms with van der Waals surface area (Å²) in [5.41, 5.74) is 3.91. The van der Waals surface area contributed by atoms with Crippen molar-refractivity contribution in [2.45, 2.75) is 12.0 Å². The summed E-state index contributed by atoms with van der Waals surface area (Å²) >= 11 is 0. The number of esters is 1. The highest BCUT2D eigenvalue weighted by molar-refractivity contribution is 6.00. The minimum atomic E-state index is -0.823. The van der Waals surface area contributed by atoms with Gasteiger partial charge in [-0.05, 0) is 11.6 Å². The lowest BCUT2D eigenvalue weighted by atomic mass is 9.79. The topological polar surface area (TPSA) is 31.2 Å². The molecule has 1 aliphatic rings. The van der Waals surface area contributed by atoms with Crippen LogP contribution in [0, 0.1) is 0 Å². The van der Waals surface area contributed by atoms with Crippen molar-refractivity contribution in [1.29, 1.82) is 0 Å². The molecule has 5 rings (SSSR count). The number of hydrogen-bond donors (Lipinski definition) is 0. The van der Waals surface area contributed by atoms with Crippen molar-refractivity contribution in [2.75, 3.05) is 0 Å². The third-order valence-corrected chi connectivity index (χ3v) is 5.58. The van der Waals surface area contributed by atoms with Crippen molar-refractivity contribution in [1.82, 2.24) is 4.57 Å². The maximum absolute atomic E-state index is 13.2. The van der Waals surface area contributed by atoms with Crippen LogP contribution in [0.3, 0.4) is 0 Å². The van der Waals surface area contributed by atoms with Crippen LogP contribution in [-0.2, 0) is 23.8 Å². The van der Waals surface area contributed by atoms with Gasteiger partial charge in [-0.25, -0.2) is 4.79 Å². The molecule has 1 aliphatic heterocycles. The average molecular weight is 353 g/mol. The van der Waals surface area contributed by atoms with Crippen LogP contribution < -0.4 is 0 Å². The van der Waals surface area contributed by atoms with Gasteiger partial charge in [0.05, 0.1) is 0 Å². The molecule has 0 fully saturated rings. The average Bonchev–Trinajstić information content (AvgIpc) is 3.02. The number of rotatable bonds is 2. The van der Waals surface area contributed by atoms with E-state index in [1.807, 2.05) is 90.5 Å². The number of fused-ring (bicyclic) bond motifs is 3. The van der Waals surface area contributed by atoms with Gasteiger partial charge in [-0.1, -0.05) is 78.9 Å². The molecule has 4 aromatic rings. The molecule has 3 heteroatoms. The molecule has 0 radical (unpaired) electrons. The van der Waals surface area contributed by atoms with Crippen molar-refractivity contribution < 1.29 is 9.53 Å². The molecule has 0 atom stereocenters. The highest BCUT2D eigenvalue weighted by Gasteiger charge is 2.45. The van der Waals surface area contributed by atoms with Crippen molar-refractivity contribution in [3.05, 3.63) is 107 Å². The SMILES string of the molecule is Cn1c2c(c3ccccc31)CC(c1ccccc1)(c1ccccc1)OC2=O. The van der Waals surface area contributed by atoms with Gasteiger partial charge in [0, 0.05) is 35.5 Å². The number of para-hydroxylation sites is 1. The first kappa shape index (κ1) is 15.9. The molecule has 0 spiro atoms. The molecule has 2 heterocycles. The van der Waals surface area contributed by atoms with E-state index in [2.05, 4.69) is 6.07 Å². The third-order valence-electron chi connectivity index (χ3n) is 5.58. The number of cyclic esters (lactones) is 1. The van der Waals surface area contributed by atoms with E-state index in [1.54, 1.807) is 0 Å². The van der Waals surface area contributed by atoms with Gasteiger partial charge < -0.3 is 9.30 Å². The van der Waals surface area contributed by atoms with Crippen LogP contribution in [0.1, 0.15) is 27.2 Å². The lowest BCUT2D eigenvalue weighted by Gasteiger charge is -2.38. The fourth-order valence-corrected chi connectivity index (χ4v) is 4.31. The second-order valence-electron chi connectivity index (χ2n) is 7.03. The Balaban J connectivity index is 1.81. The Hall–Kier alpha value is -3.33. The Morgan fingerprint density at radius 3 is 2.00 bits per heavy atom. The fraction of sp³-hybridized carbons (Fsp3) is 0.125. The van der Waals surface area contributed by atoms with Gasteiger partial charge in [0.25, 0.3) is 0 Å². The number of hydrogen-bond acceptors (Lipinski definition) is 2. The first-order valence-electron chi connectivity index (χ1n) is 9.11. The van der Waals surface area contributed by atoms with Gasteiger partial charge in [0.15, 0.2) is 5.60 Å². The van der Waals surface area contributed by atoms with Crippen LogP contribution in [0.5, 0.6) is 0 Å². The van der Waals surface area contributed by atoms with Gasteiger partial charge in [0.2, 0.25) is 0 Å². The molecule has 0 N–H and O–H groups in total. The minimum absolute atomic E-state index is 0.275. The third kappa shape index (κ3) is 2.25. The smallest absolute Gasteiger partial charge is 0.356 e. The molecule has 0 saturated carbocycles. The summed E-state index contributed by atoms with van der Waals surface area (Å²) < 4.78 is 8.17. The normalized spacial score (nSPS) is 15.4. The lowest BCUT2D eigenvalue weighted by Crippen LogP contribution is -2.40. The maximum atomic E-state index is 13.2. The van der Waals surface area contributed by atoms with Crippen molar-refractivity contribution in [2.24, 2.45) is 7.05 Å². The van der Waals surface area contributed by atoms with E-state index in [0.29, 0.717) is 12.1 Å². The van der Waals surface area contributed by atoms with E-state index >= 15 is 0 Å². The monoisotopic (exact) mass is 353 g/mol. The first-order valence-corrected chi connectivity index (χ1v) is 9.11. The van der Waals surface area contributed by atoms with E-state index in [-0.39, 0.29) is 5.97 Å². The zero-order chi connectivity index (χ0) is 18.4. The number of carbonyl (C=O) groups excluding carboxylic acids is 1. The van der Waals surface area contributed by atoms with Crippen LogP contribution in [0.2, 0.25) is 0 Å². The molecule has 0 amide bonds. The Bertz CT molecular complexity index is 1100. The van der Waals surface area contributed by atoms with Crippen LogP contribution in [0.4, 0.5) is 0 Å². The molecule has 0 bridgehead atoms. The molecule has 27 heavy (non-hydrogen) atoms. The zero-order valence-corrected chi connectivity index (χ0v) is 15.1. The Kier molecular flexibility index (Phi) is 3.44. The zero-order valence-electron chi connectivity index (χ0n) is 15.1. The molecule has 3 nitrogen and oxygen atoms in total. The molecule has 3 aromatic carbocycles. The molecule has 1 aromatic heterocycles. The van der Waals surface area contributed by atoms with E-state index in [9.17, 15) is 4.79 Å². The number of benzene rings is 3. The summed E-state index contributed by atoms with van der Waals surface area (Å²) in [6.45, 7) is 0. The quantitative estimate of drug-likeness (QED) is 0.483. The fourth-order valence-electron chi connectivity index (χ4n) is 4.31. The number of ether oxygens (including phenoxy) is 1. The van der Waals surface area contributed by atoms with Crippen molar-refractivity contribution >= 4 is 16.9 Å². The summed E-state index contributed by atoms with van der Waals surface area (Å²) in [5, 5.41) is 1.11. The molecule has 0 aliphatic carbocycles. The second kappa shape index (κ2) is 5.85. The molecular weight excluding hydrogens is 334 g/mol. The first-order chi connectivity index (χ1) is 13.2. The Morgan fingerprint density at radius 2 is 1.37 bits per heavy atom. The number of aromatic nitrogens is 1. The van der Waals surface area contributed by atoms with E-state index in [1.165, 1.54) is 0 Å². The predicted molar refractivity (Wildman–Crippen MR) is 106 cm³/mol. The Labute approximate surface area is 157 Å². The van der Waals surface area contributed by atoms with E-state index in [4.69, 9.17) is 4.74 Å². The maximum Gasteiger partial charge on any atom is 0.356 e. The van der Waals surface area contributed by atoms with Crippen LogP contribution >= 0.6 is 0 Å². The van der Waals surface area contributed by atoms with Gasteiger partial charge in [0.1, 0.15) is 5.69 Å². The second-order valence-corrected chi connectivity index (χ2v) is 7.03. The minimum Gasteiger partial charge on any atom is -0.444 e. The van der Waals surface area contributed by atoms with Gasteiger partial charge >= 0.3 is 5.97 Å². The standard InChI is InChI=1S/C24H19NO2/c1-25-21-15-9-8-14-19(21)20-16-24(27-23(26)22(20)25,17-10-4-2-5-11-17)18-12-6-3-7-13-18/h2-15H,16H2,1H3. The molecule has 0 saturated heterocycles. The van der Waals surface area contributed by atoms with Crippen LogP contribution in [-0.4, -0.2) is 10.5 Å². The van der Waals surface area contributed by atoms with Gasteiger partial charge in [-0.3, -0.25) is 0 Å². The molecule has 132 valence electrons. The van der Waals surface area contributed by atoms with Crippen molar-refractivity contribution in [3.8, 4) is 0 Å². The van der Waals surface area contributed by atoms with Crippen LogP contribution in [0.15, 0.2) is 84.9 Å². The lowest BCUT2D eigenvalue weighted by molar-refractivity contribution is -0.00849. The van der Waals surface area contributed by atoms with Gasteiger partial charge in [-0.15, -0.1) is 0 Å². The van der Waals surface area contributed by atoms with Crippen LogP contribution in [0.25, 0.3) is 10.9 Å². The van der Waals surface area contributed by atoms with Crippen molar-refractivity contribution in [3.63, 3.8) is 0 Å². The van der Waals surface area contributed by atoms with E-state index in [0.717, 1.165) is 27.6 Å². The summed E-state index contributed by atoms with van der Waals surface area (Å²) in [7, 11) is 1.93. The summed E-state index contributed by atoms with van der Waals surface area (Å²) in [4.78, 5) is 13.2. The van der Waals surface area contributed by atoms with E-state index < -0.39 is 5.60 Å². The summed E-state index contributed by atoms with van der Waals surface area (Å²) in [6, 6.07) is 28.3. The number of nitrogens with zero attached hydrogens (tertiary/aromatic N) is 1. The predicted octanol–water partition coefficient (Wildman–Crippen LogP) is 4.84. The summed E-state index contributed by atoms with van der Waals surface area (Å²) in [5.74, 6) is -0.275.